The lowest BCUT2D eigenvalue weighted by atomic mass is 10.5. The normalized spacial score (nSPS) is 15.9. The molecule has 0 saturated carbocycles. The maximum Gasteiger partial charge on any atom is 0.250 e. The van der Waals surface area contributed by atoms with E-state index in [1.54, 1.807) is 0 Å². The van der Waals surface area contributed by atoms with Crippen LogP contribution in [-0.2, 0) is 6.98 Å². The number of hydrogen-bond acceptors (Lipinski definition) is 1. The zero-order valence-corrected chi connectivity index (χ0v) is 6.05. The van der Waals surface area contributed by atoms with Crippen molar-refractivity contribution >= 4 is 15.9 Å². The molecule has 0 atom stereocenters. The van der Waals surface area contributed by atoms with Crippen molar-refractivity contribution in [3.8, 4) is 0 Å². The number of aryl methyl sites for hydroxylation is 1. The molecule has 48 valence electrons. The largest absolute Gasteiger partial charge is 0.317 e. The van der Waals surface area contributed by atoms with Crippen LogP contribution in [0.1, 0.15) is 4.11 Å². The molecule has 0 bridgehead atoms. The summed E-state index contributed by atoms with van der Waals surface area (Å²) in [5, 5.41) is 0. The molecule has 0 aliphatic rings. The van der Waals surface area contributed by atoms with Crippen LogP contribution in [0, 0.1) is 0 Å². The van der Waals surface area contributed by atoms with Gasteiger partial charge < -0.3 is 4.57 Å². The van der Waals surface area contributed by atoms with Crippen molar-refractivity contribution in [3.05, 3.63) is 33.2 Å². The predicted octanol–water partition coefficient (Wildman–Crippen LogP) is 1.15. The number of aromatic nitrogens is 1. The molecular weight excluding hydrogens is 182 g/mol. The lowest BCUT2D eigenvalue weighted by molar-refractivity contribution is 0.855. The third-order valence-corrected chi connectivity index (χ3v) is 1.34. The Hall–Kier alpha value is -0.570. The summed E-state index contributed by atoms with van der Waals surface area (Å²) in [6.07, 6.45) is 1.25. The van der Waals surface area contributed by atoms with Gasteiger partial charge in [-0.05, 0) is 22.0 Å². The van der Waals surface area contributed by atoms with E-state index in [0.29, 0.717) is 9.04 Å². The van der Waals surface area contributed by atoms with Crippen LogP contribution in [0.3, 0.4) is 0 Å². The van der Waals surface area contributed by atoms with Crippen molar-refractivity contribution in [2.24, 2.45) is 6.98 Å². The van der Waals surface area contributed by atoms with Crippen molar-refractivity contribution in [1.29, 1.82) is 0 Å². The number of halogens is 1. The van der Waals surface area contributed by atoms with Crippen molar-refractivity contribution in [2.75, 3.05) is 0 Å². The van der Waals surface area contributed by atoms with Crippen molar-refractivity contribution in [1.82, 2.24) is 4.57 Å². The van der Waals surface area contributed by atoms with Crippen LogP contribution in [0.25, 0.3) is 0 Å². The van der Waals surface area contributed by atoms with Crippen LogP contribution < -0.4 is 5.56 Å². The predicted molar refractivity (Wildman–Crippen MR) is 39.4 cm³/mol. The number of rotatable bonds is 0. The zero-order valence-electron chi connectivity index (χ0n) is 7.47. The second-order valence-corrected chi connectivity index (χ2v) is 2.47. The fourth-order valence-corrected chi connectivity index (χ4v) is 0.798. The fourth-order valence-electron chi connectivity index (χ4n) is 0.461. The van der Waals surface area contributed by atoms with Gasteiger partial charge in [-0.25, -0.2) is 0 Å². The Kier molecular flexibility index (Phi) is 0.931. The molecule has 1 aromatic heterocycles. The lowest BCUT2D eigenvalue weighted by Gasteiger charge is -1.93. The van der Waals surface area contributed by atoms with Gasteiger partial charge in [0.1, 0.15) is 0 Å². The maximum absolute atomic E-state index is 11.0. The van der Waals surface area contributed by atoms with Crippen molar-refractivity contribution in [2.45, 2.75) is 0 Å². The molecule has 0 aromatic carbocycles. The zero-order chi connectivity index (χ0) is 9.35. The first-order valence-corrected chi connectivity index (χ1v) is 3.09. The third kappa shape index (κ3) is 1.42. The topological polar surface area (TPSA) is 22.0 Å². The Balaban J connectivity index is 3.33. The molecule has 0 spiro atoms. The highest BCUT2D eigenvalue weighted by Gasteiger charge is 1.87. The van der Waals surface area contributed by atoms with Gasteiger partial charge in [0.25, 0.3) is 0 Å². The van der Waals surface area contributed by atoms with Crippen LogP contribution in [-0.4, -0.2) is 4.57 Å². The maximum atomic E-state index is 11.0. The van der Waals surface area contributed by atoms with Gasteiger partial charge >= 0.3 is 0 Å². The first-order valence-electron chi connectivity index (χ1n) is 3.80. The van der Waals surface area contributed by atoms with E-state index in [-0.39, 0.29) is 0 Å². The molecule has 3 heteroatoms. The molecule has 0 aliphatic heterocycles. The standard InChI is InChI=1S/C6H6BrNO/c1-8-4-5(7)2-3-6(8)9/h2-4H,1H3/i1D3. The van der Waals surface area contributed by atoms with Crippen LogP contribution in [0.4, 0.5) is 0 Å². The highest BCUT2D eigenvalue weighted by molar-refractivity contribution is 9.10. The summed E-state index contributed by atoms with van der Waals surface area (Å²) in [6, 6.07) is 2.71. The van der Waals surface area contributed by atoms with E-state index >= 15 is 0 Å². The van der Waals surface area contributed by atoms with E-state index in [4.69, 9.17) is 4.11 Å². The van der Waals surface area contributed by atoms with E-state index in [1.807, 2.05) is 0 Å². The summed E-state index contributed by atoms with van der Waals surface area (Å²) in [5.74, 6) is 0. The molecule has 2 nitrogen and oxygen atoms in total. The fraction of sp³-hybridized carbons (Fsp3) is 0.167. The van der Waals surface area contributed by atoms with E-state index < -0.39 is 12.5 Å². The Morgan fingerprint density at radius 1 is 1.78 bits per heavy atom. The van der Waals surface area contributed by atoms with Gasteiger partial charge in [-0.3, -0.25) is 4.79 Å². The summed E-state index contributed by atoms with van der Waals surface area (Å²) >= 11 is 3.08. The van der Waals surface area contributed by atoms with Gasteiger partial charge in [0.05, 0.1) is 0 Å². The van der Waals surface area contributed by atoms with Gasteiger partial charge in [0, 0.05) is 27.8 Å². The van der Waals surface area contributed by atoms with Gasteiger partial charge in [-0.1, -0.05) is 0 Å². The molecule has 0 aliphatic carbocycles. The average molecular weight is 191 g/mol. The number of hydrogen-bond donors (Lipinski definition) is 0. The SMILES string of the molecule is [2H]C([2H])([2H])n1cc(Br)ccc1=O. The van der Waals surface area contributed by atoms with E-state index in [0.717, 1.165) is 0 Å². The van der Waals surface area contributed by atoms with Crippen LogP contribution in [0.15, 0.2) is 27.6 Å². The van der Waals surface area contributed by atoms with Gasteiger partial charge in [0.2, 0.25) is 5.56 Å². The molecule has 0 radical (unpaired) electrons. The summed E-state index contributed by atoms with van der Waals surface area (Å²) in [4.78, 5) is 11.0. The highest BCUT2D eigenvalue weighted by atomic mass is 79.9. The average Bonchev–Trinajstić information content (AvgIpc) is 1.92. The minimum atomic E-state index is -2.40. The Morgan fingerprint density at radius 3 is 3.11 bits per heavy atom. The first kappa shape index (κ1) is 3.56. The smallest absolute Gasteiger partial charge is 0.250 e. The third-order valence-electron chi connectivity index (χ3n) is 0.875. The monoisotopic (exact) mass is 190 g/mol. The van der Waals surface area contributed by atoms with E-state index in [9.17, 15) is 4.79 Å². The minimum Gasteiger partial charge on any atom is -0.317 e. The lowest BCUT2D eigenvalue weighted by Crippen LogP contribution is -2.13. The summed E-state index contributed by atoms with van der Waals surface area (Å²) in [6.45, 7) is -2.40. The van der Waals surface area contributed by atoms with Crippen LogP contribution in [0.5, 0.6) is 0 Å². The Morgan fingerprint density at radius 2 is 2.56 bits per heavy atom. The molecule has 0 fully saturated rings. The van der Waals surface area contributed by atoms with Gasteiger partial charge in [0.15, 0.2) is 0 Å². The van der Waals surface area contributed by atoms with Crippen LogP contribution >= 0.6 is 15.9 Å². The quantitative estimate of drug-likeness (QED) is 0.602. The minimum absolute atomic E-state index is 0.529. The highest BCUT2D eigenvalue weighted by Crippen LogP contribution is 2.02. The Bertz CT molecular complexity index is 343. The molecule has 0 saturated heterocycles. The summed E-state index contributed by atoms with van der Waals surface area (Å²) in [5.41, 5.74) is -0.529. The molecule has 1 rings (SSSR count). The van der Waals surface area contributed by atoms with Crippen molar-refractivity contribution < 1.29 is 4.11 Å². The molecule has 1 heterocycles. The molecule has 9 heavy (non-hydrogen) atoms. The van der Waals surface area contributed by atoms with Gasteiger partial charge in [-0.2, -0.15) is 0 Å². The Labute approximate surface area is 65.5 Å². The van der Waals surface area contributed by atoms with Crippen molar-refractivity contribution in [3.63, 3.8) is 0 Å². The van der Waals surface area contributed by atoms with Gasteiger partial charge in [-0.15, -0.1) is 0 Å². The molecular formula is C6H6BrNO. The molecule has 0 amide bonds. The molecule has 1 aromatic rings. The van der Waals surface area contributed by atoms with E-state index in [2.05, 4.69) is 15.9 Å². The summed E-state index contributed by atoms with van der Waals surface area (Å²) in [7, 11) is 0. The number of pyridine rings is 1. The second-order valence-electron chi connectivity index (χ2n) is 1.56. The number of nitrogens with zero attached hydrogens (tertiary/aromatic N) is 1. The molecule has 0 N–H and O–H groups in total. The summed E-state index contributed by atoms with van der Waals surface area (Å²) < 4.78 is 22.2. The van der Waals surface area contributed by atoms with E-state index in [1.165, 1.54) is 18.3 Å². The van der Waals surface area contributed by atoms with Crippen LogP contribution in [0.2, 0.25) is 0 Å². The first-order chi connectivity index (χ1) is 5.41. The second kappa shape index (κ2) is 2.35. The molecule has 0 unspecified atom stereocenters.